The highest BCUT2D eigenvalue weighted by molar-refractivity contribution is 7.99. The number of aryl methyl sites for hydroxylation is 1. The number of thioether (sulfide) groups is 1. The normalized spacial score (nSPS) is 10.4. The van der Waals surface area contributed by atoms with Gasteiger partial charge in [-0.1, -0.05) is 0 Å². The van der Waals surface area contributed by atoms with Gasteiger partial charge in [0.1, 0.15) is 5.82 Å². The molecule has 0 aliphatic heterocycles. The Hall–Kier alpha value is -2.01. The molecule has 0 saturated heterocycles. The van der Waals surface area contributed by atoms with Gasteiger partial charge in [0, 0.05) is 28.4 Å². The van der Waals surface area contributed by atoms with Crippen LogP contribution in [-0.2, 0) is 4.79 Å². The highest BCUT2D eigenvalue weighted by Gasteiger charge is 2.05. The Morgan fingerprint density at radius 2 is 1.95 bits per heavy atom. The number of halogens is 1. The highest BCUT2D eigenvalue weighted by atomic mass is 32.2. The zero-order valence-electron chi connectivity index (χ0n) is 11.7. The fourth-order valence-corrected chi connectivity index (χ4v) is 2.68. The van der Waals surface area contributed by atoms with Crippen molar-refractivity contribution in [3.63, 3.8) is 0 Å². The van der Waals surface area contributed by atoms with Gasteiger partial charge in [-0.25, -0.2) is 4.39 Å². The summed E-state index contributed by atoms with van der Waals surface area (Å²) in [5.74, 6) is 0.347. The number of hydrogen-bond donors (Lipinski definition) is 2. The maximum Gasteiger partial charge on any atom is 0.225 e. The second-order valence-electron chi connectivity index (χ2n) is 4.67. The minimum absolute atomic E-state index is 0.0440. The van der Waals surface area contributed by atoms with Crippen LogP contribution in [0.25, 0.3) is 0 Å². The van der Waals surface area contributed by atoms with E-state index in [1.54, 1.807) is 24.3 Å². The van der Waals surface area contributed by atoms with Crippen LogP contribution in [0.15, 0.2) is 47.4 Å². The molecule has 0 aromatic heterocycles. The summed E-state index contributed by atoms with van der Waals surface area (Å²) in [7, 11) is 0. The number of nitrogen functional groups attached to an aromatic ring is 1. The van der Waals surface area contributed by atoms with Crippen LogP contribution in [-0.4, -0.2) is 11.7 Å². The summed E-state index contributed by atoms with van der Waals surface area (Å²) >= 11 is 1.53. The molecule has 3 nitrogen and oxygen atoms in total. The smallest absolute Gasteiger partial charge is 0.225 e. The number of benzene rings is 2. The molecule has 0 bridgehead atoms. The van der Waals surface area contributed by atoms with Crippen LogP contribution in [0.4, 0.5) is 15.8 Å². The van der Waals surface area contributed by atoms with Gasteiger partial charge in [0.05, 0.1) is 0 Å². The molecule has 0 aliphatic rings. The Balaban J connectivity index is 1.81. The van der Waals surface area contributed by atoms with Crippen LogP contribution in [0, 0.1) is 12.7 Å². The Labute approximate surface area is 127 Å². The maximum absolute atomic E-state index is 12.8. The summed E-state index contributed by atoms with van der Waals surface area (Å²) < 4.78 is 12.8. The van der Waals surface area contributed by atoms with Crippen LogP contribution in [0.3, 0.4) is 0 Å². The third-order valence-corrected chi connectivity index (χ3v) is 3.95. The molecule has 1 amide bonds. The molecule has 110 valence electrons. The molecular weight excluding hydrogens is 287 g/mol. The summed E-state index contributed by atoms with van der Waals surface area (Å²) in [5, 5.41) is 2.86. The zero-order chi connectivity index (χ0) is 15.2. The first-order valence-electron chi connectivity index (χ1n) is 6.59. The van der Waals surface area contributed by atoms with Gasteiger partial charge in [0.25, 0.3) is 0 Å². The second-order valence-corrected chi connectivity index (χ2v) is 5.84. The zero-order valence-corrected chi connectivity index (χ0v) is 12.5. The topological polar surface area (TPSA) is 55.1 Å². The molecule has 0 radical (unpaired) electrons. The lowest BCUT2D eigenvalue weighted by atomic mass is 10.2. The van der Waals surface area contributed by atoms with Crippen LogP contribution in [0.2, 0.25) is 0 Å². The molecule has 0 unspecified atom stereocenters. The lowest BCUT2D eigenvalue weighted by molar-refractivity contribution is -0.115. The average molecular weight is 304 g/mol. The first kappa shape index (κ1) is 15.4. The van der Waals surface area contributed by atoms with E-state index in [-0.39, 0.29) is 11.7 Å². The number of anilines is 2. The van der Waals surface area contributed by atoms with Crippen molar-refractivity contribution in [3.8, 4) is 0 Å². The van der Waals surface area contributed by atoms with E-state index in [1.807, 2.05) is 13.0 Å². The Morgan fingerprint density at radius 3 is 2.62 bits per heavy atom. The average Bonchev–Trinajstić information content (AvgIpc) is 2.44. The Kier molecular flexibility index (Phi) is 5.22. The van der Waals surface area contributed by atoms with Crippen molar-refractivity contribution in [2.45, 2.75) is 18.2 Å². The molecule has 2 rings (SSSR count). The van der Waals surface area contributed by atoms with Crippen molar-refractivity contribution in [2.75, 3.05) is 16.8 Å². The number of rotatable bonds is 5. The predicted molar refractivity (Wildman–Crippen MR) is 86.0 cm³/mol. The van der Waals surface area contributed by atoms with Crippen LogP contribution in [0.1, 0.15) is 12.0 Å². The van der Waals surface area contributed by atoms with E-state index in [1.165, 1.54) is 23.9 Å². The third kappa shape index (κ3) is 4.79. The molecule has 2 aromatic rings. The molecule has 3 N–H and O–H groups in total. The van der Waals surface area contributed by atoms with Crippen molar-refractivity contribution in [2.24, 2.45) is 0 Å². The standard InChI is InChI=1S/C16H17FN2OS/c1-11-10-13(18)4-7-15(11)19-16(20)8-9-21-14-5-2-12(17)3-6-14/h2-7,10H,8-9,18H2,1H3,(H,19,20). The molecule has 0 saturated carbocycles. The SMILES string of the molecule is Cc1cc(N)ccc1NC(=O)CCSc1ccc(F)cc1. The van der Waals surface area contributed by atoms with E-state index in [4.69, 9.17) is 5.73 Å². The molecule has 5 heteroatoms. The number of nitrogens with one attached hydrogen (secondary N) is 1. The van der Waals surface area contributed by atoms with Crippen molar-refractivity contribution >= 4 is 29.0 Å². The van der Waals surface area contributed by atoms with Gasteiger partial charge in [-0.15, -0.1) is 11.8 Å². The van der Waals surface area contributed by atoms with Gasteiger partial charge in [-0.2, -0.15) is 0 Å². The third-order valence-electron chi connectivity index (χ3n) is 2.94. The molecule has 0 atom stereocenters. The van der Waals surface area contributed by atoms with Gasteiger partial charge in [-0.05, 0) is 55.0 Å². The highest BCUT2D eigenvalue weighted by Crippen LogP contribution is 2.20. The van der Waals surface area contributed by atoms with Crippen molar-refractivity contribution in [1.82, 2.24) is 0 Å². The van der Waals surface area contributed by atoms with E-state index in [0.717, 1.165) is 16.1 Å². The number of hydrogen-bond acceptors (Lipinski definition) is 3. The summed E-state index contributed by atoms with van der Waals surface area (Å²) in [5.41, 5.74) is 8.07. The van der Waals surface area contributed by atoms with E-state index in [2.05, 4.69) is 5.32 Å². The van der Waals surface area contributed by atoms with E-state index < -0.39 is 0 Å². The van der Waals surface area contributed by atoms with Gasteiger partial charge in [0.15, 0.2) is 0 Å². The van der Waals surface area contributed by atoms with E-state index in [9.17, 15) is 9.18 Å². The minimum Gasteiger partial charge on any atom is -0.399 e. The van der Waals surface area contributed by atoms with E-state index in [0.29, 0.717) is 17.9 Å². The first-order chi connectivity index (χ1) is 10.0. The van der Waals surface area contributed by atoms with Crippen LogP contribution < -0.4 is 11.1 Å². The number of amides is 1. The molecular formula is C16H17FN2OS. The van der Waals surface area contributed by atoms with Gasteiger partial charge < -0.3 is 11.1 Å². The first-order valence-corrected chi connectivity index (χ1v) is 7.57. The largest absolute Gasteiger partial charge is 0.399 e. The second kappa shape index (κ2) is 7.13. The van der Waals surface area contributed by atoms with Crippen LogP contribution >= 0.6 is 11.8 Å². The number of carbonyl (C=O) groups is 1. The quantitative estimate of drug-likeness (QED) is 0.652. The van der Waals surface area contributed by atoms with Gasteiger partial charge >= 0.3 is 0 Å². The molecule has 0 fully saturated rings. The fourth-order valence-electron chi connectivity index (χ4n) is 1.83. The summed E-state index contributed by atoms with van der Waals surface area (Å²) in [6.07, 6.45) is 0.395. The maximum atomic E-state index is 12.8. The molecule has 0 aliphatic carbocycles. The molecule has 0 spiro atoms. The summed E-state index contributed by atoms with van der Waals surface area (Å²) in [6, 6.07) is 11.6. The predicted octanol–water partition coefficient (Wildman–Crippen LogP) is 3.84. The van der Waals surface area contributed by atoms with Crippen LogP contribution in [0.5, 0.6) is 0 Å². The Morgan fingerprint density at radius 1 is 1.24 bits per heavy atom. The van der Waals surface area contributed by atoms with Crippen molar-refractivity contribution in [3.05, 3.63) is 53.8 Å². The number of carbonyl (C=O) groups excluding carboxylic acids is 1. The molecule has 2 aromatic carbocycles. The van der Waals surface area contributed by atoms with Gasteiger partial charge in [-0.3, -0.25) is 4.79 Å². The summed E-state index contributed by atoms with van der Waals surface area (Å²) in [6.45, 7) is 1.90. The Bertz CT molecular complexity index is 629. The lowest BCUT2D eigenvalue weighted by Crippen LogP contribution is -2.13. The molecule has 0 heterocycles. The summed E-state index contributed by atoms with van der Waals surface area (Å²) in [4.78, 5) is 12.8. The number of nitrogens with two attached hydrogens (primary N) is 1. The van der Waals surface area contributed by atoms with Crippen molar-refractivity contribution < 1.29 is 9.18 Å². The monoisotopic (exact) mass is 304 g/mol. The van der Waals surface area contributed by atoms with Gasteiger partial charge in [0.2, 0.25) is 5.91 Å². The molecule has 21 heavy (non-hydrogen) atoms. The lowest BCUT2D eigenvalue weighted by Gasteiger charge is -2.09. The van der Waals surface area contributed by atoms with E-state index >= 15 is 0 Å². The minimum atomic E-state index is -0.254. The van der Waals surface area contributed by atoms with Crippen molar-refractivity contribution in [1.29, 1.82) is 0 Å². The fraction of sp³-hybridized carbons (Fsp3) is 0.188.